The molecule has 0 saturated carbocycles. The zero-order valence-corrected chi connectivity index (χ0v) is 20.2. The van der Waals surface area contributed by atoms with Crippen molar-refractivity contribution in [2.24, 2.45) is 0 Å². The Morgan fingerprint density at radius 1 is 1.11 bits per heavy atom. The number of rotatable bonds is 8. The number of ketones is 1. The molecular formula is C28H24N2O7. The van der Waals surface area contributed by atoms with E-state index in [-0.39, 0.29) is 17.9 Å². The van der Waals surface area contributed by atoms with Gasteiger partial charge in [-0.15, -0.1) is 0 Å². The number of carbonyl (C=O) groups excluding carboxylic acids is 3. The second-order valence-corrected chi connectivity index (χ2v) is 8.56. The fourth-order valence-electron chi connectivity index (χ4n) is 4.65. The van der Waals surface area contributed by atoms with Gasteiger partial charge in [0.15, 0.2) is 11.5 Å². The first-order valence-electron chi connectivity index (χ1n) is 11.6. The molecular weight excluding hydrogens is 476 g/mol. The van der Waals surface area contributed by atoms with Crippen molar-refractivity contribution >= 4 is 28.6 Å². The highest BCUT2D eigenvalue weighted by Crippen LogP contribution is 2.39. The van der Waals surface area contributed by atoms with Crippen LogP contribution in [0.3, 0.4) is 0 Å². The molecule has 2 aromatic heterocycles. The number of ether oxygens (including phenoxy) is 2. The van der Waals surface area contributed by atoms with Crippen LogP contribution < -0.4 is 4.74 Å². The van der Waals surface area contributed by atoms with E-state index in [9.17, 15) is 19.5 Å². The van der Waals surface area contributed by atoms with Crippen LogP contribution >= 0.6 is 0 Å². The van der Waals surface area contributed by atoms with Crippen molar-refractivity contribution in [3.8, 4) is 5.75 Å². The number of aromatic amines is 1. The molecule has 188 valence electrons. The van der Waals surface area contributed by atoms with Crippen molar-refractivity contribution in [1.29, 1.82) is 0 Å². The van der Waals surface area contributed by atoms with E-state index in [1.807, 2.05) is 24.4 Å². The smallest absolute Gasteiger partial charge is 0.337 e. The lowest BCUT2D eigenvalue weighted by Gasteiger charge is -2.26. The maximum atomic E-state index is 13.3. The van der Waals surface area contributed by atoms with Crippen LogP contribution in [0.2, 0.25) is 0 Å². The summed E-state index contributed by atoms with van der Waals surface area (Å²) in [7, 11) is 2.88. The quantitative estimate of drug-likeness (QED) is 0.272. The van der Waals surface area contributed by atoms with Crippen molar-refractivity contribution in [3.63, 3.8) is 0 Å². The minimum Gasteiger partial charge on any atom is -0.503 e. The monoisotopic (exact) mass is 500 g/mol. The normalized spacial score (nSPS) is 15.5. The summed E-state index contributed by atoms with van der Waals surface area (Å²) < 4.78 is 15.4. The zero-order chi connectivity index (χ0) is 26.1. The number of nitrogens with zero attached hydrogens (tertiary/aromatic N) is 1. The number of H-pyrrole nitrogens is 1. The van der Waals surface area contributed by atoms with Gasteiger partial charge in [-0.3, -0.25) is 9.59 Å². The highest BCUT2D eigenvalue weighted by atomic mass is 16.5. The molecule has 0 saturated heterocycles. The van der Waals surface area contributed by atoms with Crippen LogP contribution in [0.25, 0.3) is 10.9 Å². The van der Waals surface area contributed by atoms with E-state index < -0.39 is 29.5 Å². The maximum absolute atomic E-state index is 13.3. The van der Waals surface area contributed by atoms with E-state index in [2.05, 4.69) is 4.98 Å². The van der Waals surface area contributed by atoms with Crippen LogP contribution in [-0.2, 0) is 16.0 Å². The Bertz CT molecular complexity index is 1510. The number of aliphatic hydroxyl groups excluding tert-OH is 1. The molecule has 0 unspecified atom stereocenters. The van der Waals surface area contributed by atoms with Gasteiger partial charge < -0.3 is 28.9 Å². The van der Waals surface area contributed by atoms with Gasteiger partial charge in [0.25, 0.3) is 5.91 Å². The lowest BCUT2D eigenvalue weighted by molar-refractivity contribution is -0.129. The number of fused-ring (bicyclic) bond motifs is 1. The second kappa shape index (κ2) is 9.69. The van der Waals surface area contributed by atoms with E-state index in [0.29, 0.717) is 23.3 Å². The lowest BCUT2D eigenvalue weighted by atomic mass is 9.94. The molecule has 2 N–H and O–H groups in total. The third-order valence-electron chi connectivity index (χ3n) is 6.54. The molecule has 9 nitrogen and oxygen atoms in total. The highest BCUT2D eigenvalue weighted by molar-refractivity contribution is 6.15. The van der Waals surface area contributed by atoms with Gasteiger partial charge in [-0.25, -0.2) is 4.79 Å². The fraction of sp³-hybridized carbons (Fsp3) is 0.179. The minimum atomic E-state index is -0.878. The van der Waals surface area contributed by atoms with Gasteiger partial charge in [0, 0.05) is 23.6 Å². The van der Waals surface area contributed by atoms with Crippen LogP contribution in [0.15, 0.2) is 82.8 Å². The number of methoxy groups -OCH3 is 2. The average Bonchev–Trinajstić information content (AvgIpc) is 3.66. The molecule has 0 spiro atoms. The summed E-state index contributed by atoms with van der Waals surface area (Å²) in [6, 6.07) is 14.2. The summed E-state index contributed by atoms with van der Waals surface area (Å²) in [5, 5.41) is 11.8. The van der Waals surface area contributed by atoms with E-state index in [4.69, 9.17) is 13.9 Å². The highest BCUT2D eigenvalue weighted by Gasteiger charge is 2.44. The molecule has 2 aromatic carbocycles. The minimum absolute atomic E-state index is 0.0103. The third-order valence-corrected chi connectivity index (χ3v) is 6.54. The number of carbonyl (C=O) groups is 3. The third kappa shape index (κ3) is 4.24. The predicted octanol–water partition coefficient (Wildman–Crippen LogP) is 4.38. The summed E-state index contributed by atoms with van der Waals surface area (Å²) in [4.78, 5) is 43.1. The molecule has 0 bridgehead atoms. The molecule has 0 fully saturated rings. The van der Waals surface area contributed by atoms with Crippen LogP contribution in [-0.4, -0.2) is 53.4 Å². The number of aliphatic hydroxyl groups is 1. The number of hydrogen-bond donors (Lipinski definition) is 2. The molecule has 0 radical (unpaired) electrons. The fourth-order valence-corrected chi connectivity index (χ4v) is 4.65. The molecule has 3 heterocycles. The maximum Gasteiger partial charge on any atom is 0.337 e. The molecule has 4 aromatic rings. The summed E-state index contributed by atoms with van der Waals surface area (Å²) in [5.41, 5.74) is 2.67. The van der Waals surface area contributed by atoms with Gasteiger partial charge in [-0.05, 0) is 60.0 Å². The van der Waals surface area contributed by atoms with Gasteiger partial charge in [0.05, 0.1) is 37.7 Å². The molecule has 9 heteroatoms. The Morgan fingerprint density at radius 2 is 1.89 bits per heavy atom. The Hall–Kier alpha value is -4.79. The lowest BCUT2D eigenvalue weighted by Crippen LogP contribution is -2.33. The average molecular weight is 501 g/mol. The number of aromatic nitrogens is 1. The molecule has 5 rings (SSSR count). The van der Waals surface area contributed by atoms with Crippen molar-refractivity contribution in [2.45, 2.75) is 12.5 Å². The van der Waals surface area contributed by atoms with Crippen LogP contribution in [0.1, 0.15) is 38.1 Å². The number of Topliss-reactive ketones (excluding diaryl/α,β-unsaturated/α-hetero) is 1. The summed E-state index contributed by atoms with van der Waals surface area (Å²) in [5.74, 6) is -1.66. The van der Waals surface area contributed by atoms with Crippen LogP contribution in [0, 0.1) is 0 Å². The van der Waals surface area contributed by atoms with E-state index in [1.54, 1.807) is 37.4 Å². The first-order valence-corrected chi connectivity index (χ1v) is 11.6. The largest absolute Gasteiger partial charge is 0.503 e. The number of nitrogens with one attached hydrogen (secondary N) is 1. The topological polar surface area (TPSA) is 122 Å². The summed E-state index contributed by atoms with van der Waals surface area (Å²) >= 11 is 0. The van der Waals surface area contributed by atoms with E-state index >= 15 is 0 Å². The molecule has 37 heavy (non-hydrogen) atoms. The van der Waals surface area contributed by atoms with Gasteiger partial charge in [0.1, 0.15) is 5.75 Å². The Morgan fingerprint density at radius 3 is 2.57 bits per heavy atom. The van der Waals surface area contributed by atoms with E-state index in [0.717, 1.165) is 16.5 Å². The van der Waals surface area contributed by atoms with Crippen LogP contribution in [0.4, 0.5) is 0 Å². The number of benzene rings is 2. The first-order chi connectivity index (χ1) is 17.9. The molecule has 0 aliphatic carbocycles. The Kier molecular flexibility index (Phi) is 6.27. The number of esters is 1. The molecule has 1 atom stereocenters. The second-order valence-electron chi connectivity index (χ2n) is 8.56. The molecule has 1 amide bonds. The van der Waals surface area contributed by atoms with E-state index in [1.165, 1.54) is 24.3 Å². The number of amides is 1. The molecule has 1 aliphatic heterocycles. The Balaban J connectivity index is 1.51. The van der Waals surface area contributed by atoms with Gasteiger partial charge >= 0.3 is 5.97 Å². The number of hydrogen-bond acceptors (Lipinski definition) is 7. The van der Waals surface area contributed by atoms with Crippen molar-refractivity contribution in [3.05, 3.63) is 101 Å². The summed E-state index contributed by atoms with van der Waals surface area (Å²) in [6.07, 6.45) is 3.67. The zero-order valence-electron chi connectivity index (χ0n) is 20.2. The first kappa shape index (κ1) is 23.9. The number of furan rings is 1. The molecule has 1 aliphatic rings. The van der Waals surface area contributed by atoms with Crippen molar-refractivity contribution < 1.29 is 33.4 Å². The van der Waals surface area contributed by atoms with Crippen LogP contribution in [0.5, 0.6) is 5.75 Å². The van der Waals surface area contributed by atoms with Gasteiger partial charge in [0.2, 0.25) is 5.78 Å². The standard InChI is InChI=1S/C28H24N2O7/c1-35-19-9-10-21-20(14-19)18(15-29-21)11-12-30-24(16-5-7-17(8-6-16)28(34)36-2)23(26(32)27(30)33)25(31)22-4-3-13-37-22/h3-10,13-15,24,29,32H,11-12H2,1-2H3/t24-/m0/s1. The SMILES string of the molecule is COC(=O)c1ccc([C@H]2C(C(=O)c3ccco3)=C(O)C(=O)N2CCc2c[nH]c3ccc(OC)cc23)cc1. The Labute approximate surface area is 211 Å². The van der Waals surface area contributed by atoms with Gasteiger partial charge in [-0.2, -0.15) is 0 Å². The van der Waals surface area contributed by atoms with Crippen molar-refractivity contribution in [1.82, 2.24) is 9.88 Å². The van der Waals surface area contributed by atoms with Crippen molar-refractivity contribution in [2.75, 3.05) is 20.8 Å². The van der Waals surface area contributed by atoms with Gasteiger partial charge in [-0.1, -0.05) is 12.1 Å². The summed E-state index contributed by atoms with van der Waals surface area (Å²) in [6.45, 7) is 0.214. The predicted molar refractivity (Wildman–Crippen MR) is 133 cm³/mol.